The molecule has 0 spiro atoms. The van der Waals surface area contributed by atoms with Crippen molar-refractivity contribution in [2.75, 3.05) is 49.1 Å². The van der Waals surface area contributed by atoms with Crippen molar-refractivity contribution in [3.8, 4) is 0 Å². The highest BCUT2D eigenvalue weighted by atomic mass is 16.2. The van der Waals surface area contributed by atoms with Crippen LogP contribution < -0.4 is 9.80 Å². The summed E-state index contributed by atoms with van der Waals surface area (Å²) in [5.74, 6) is 0.319. The van der Waals surface area contributed by atoms with Crippen LogP contribution in [0.5, 0.6) is 0 Å². The van der Waals surface area contributed by atoms with Crippen LogP contribution in [-0.4, -0.2) is 73.0 Å². The average molecular weight is 373 g/mol. The number of carbonyl (C=O) groups excluding carboxylic acids is 2. The van der Waals surface area contributed by atoms with Gasteiger partial charge in [0.15, 0.2) is 0 Å². The summed E-state index contributed by atoms with van der Waals surface area (Å²) in [6, 6.07) is 7.22. The third kappa shape index (κ3) is 4.04. The number of carbonyl (C=O) groups is 2. The van der Waals surface area contributed by atoms with E-state index in [0.29, 0.717) is 6.04 Å². The van der Waals surface area contributed by atoms with Crippen molar-refractivity contribution in [3.05, 3.63) is 23.8 Å². The van der Waals surface area contributed by atoms with Gasteiger partial charge in [-0.25, -0.2) is 0 Å². The van der Waals surface area contributed by atoms with Crippen LogP contribution in [-0.2, 0) is 9.59 Å². The van der Waals surface area contributed by atoms with Gasteiger partial charge in [-0.3, -0.25) is 9.59 Å². The van der Waals surface area contributed by atoms with Gasteiger partial charge in [-0.05, 0) is 44.5 Å². The standard InChI is InChI=1S/C21H32N4O2/c1-15-12-20(25-11-8-22(18(4)26)13-17(25)3)6-7-21(15)23-9-10-24(19(5)27)16(2)14-23/h6-7,12,16-17H,8-11,13-14H2,1-5H3/t16-,17+/m0/s1. The Morgan fingerprint density at radius 3 is 2.22 bits per heavy atom. The lowest BCUT2D eigenvalue weighted by Gasteiger charge is -2.42. The highest BCUT2D eigenvalue weighted by molar-refractivity contribution is 5.74. The van der Waals surface area contributed by atoms with Crippen LogP contribution in [0.2, 0.25) is 0 Å². The molecule has 0 bridgehead atoms. The predicted octanol–water partition coefficient (Wildman–Crippen LogP) is 2.11. The van der Waals surface area contributed by atoms with Gasteiger partial charge in [0, 0.05) is 76.6 Å². The Bertz CT molecular complexity index is 720. The molecule has 0 saturated carbocycles. The smallest absolute Gasteiger partial charge is 0.219 e. The Hall–Kier alpha value is -2.24. The van der Waals surface area contributed by atoms with Crippen LogP contribution in [0.4, 0.5) is 11.4 Å². The first-order valence-electron chi connectivity index (χ1n) is 9.93. The van der Waals surface area contributed by atoms with Crippen LogP contribution in [0.1, 0.15) is 33.3 Å². The zero-order chi connectivity index (χ0) is 19.7. The summed E-state index contributed by atoms with van der Waals surface area (Å²) in [6.45, 7) is 14.7. The third-order valence-corrected chi connectivity index (χ3v) is 5.96. The predicted molar refractivity (Wildman–Crippen MR) is 109 cm³/mol. The highest BCUT2D eigenvalue weighted by Gasteiger charge is 2.28. The SMILES string of the molecule is CC(=O)N1CCN(c2ccc(N3CCN(C(C)=O)[C@@H](C)C3)c(C)c2)[C@H](C)C1. The van der Waals surface area contributed by atoms with Crippen molar-refractivity contribution in [1.29, 1.82) is 0 Å². The lowest BCUT2D eigenvalue weighted by Crippen LogP contribution is -2.54. The number of aryl methyl sites for hydroxylation is 1. The van der Waals surface area contributed by atoms with Gasteiger partial charge in [0.25, 0.3) is 0 Å². The molecule has 148 valence electrons. The van der Waals surface area contributed by atoms with Crippen LogP contribution in [0.25, 0.3) is 0 Å². The van der Waals surface area contributed by atoms with E-state index >= 15 is 0 Å². The number of rotatable bonds is 2. The first-order chi connectivity index (χ1) is 12.8. The summed E-state index contributed by atoms with van der Waals surface area (Å²) in [5.41, 5.74) is 3.74. The molecule has 0 radical (unpaired) electrons. The van der Waals surface area contributed by atoms with Crippen LogP contribution in [0, 0.1) is 6.92 Å². The fraction of sp³-hybridized carbons (Fsp3) is 0.619. The largest absolute Gasteiger partial charge is 0.367 e. The monoisotopic (exact) mass is 372 g/mol. The molecule has 2 heterocycles. The minimum Gasteiger partial charge on any atom is -0.367 e. The molecule has 3 rings (SSSR count). The first-order valence-corrected chi connectivity index (χ1v) is 9.93. The third-order valence-electron chi connectivity index (χ3n) is 5.96. The summed E-state index contributed by atoms with van der Waals surface area (Å²) in [6.07, 6.45) is 0. The number of piperazine rings is 2. The second kappa shape index (κ2) is 7.79. The molecule has 1 aromatic rings. The van der Waals surface area contributed by atoms with E-state index in [1.165, 1.54) is 16.9 Å². The van der Waals surface area contributed by atoms with Crippen molar-refractivity contribution in [2.45, 2.75) is 46.7 Å². The fourth-order valence-corrected chi connectivity index (χ4v) is 4.44. The number of nitrogens with zero attached hydrogens (tertiary/aromatic N) is 4. The minimum absolute atomic E-state index is 0.159. The molecule has 6 heteroatoms. The van der Waals surface area contributed by atoms with Gasteiger partial charge in [0.05, 0.1) is 0 Å². The van der Waals surface area contributed by atoms with Crippen molar-refractivity contribution >= 4 is 23.2 Å². The number of benzene rings is 1. The second-order valence-corrected chi connectivity index (χ2v) is 7.99. The fourth-order valence-electron chi connectivity index (χ4n) is 4.44. The molecule has 2 aliphatic heterocycles. The summed E-state index contributed by atoms with van der Waals surface area (Å²) in [7, 11) is 0. The number of amides is 2. The summed E-state index contributed by atoms with van der Waals surface area (Å²) in [4.78, 5) is 32.0. The molecule has 2 aliphatic rings. The van der Waals surface area contributed by atoms with E-state index in [2.05, 4.69) is 48.8 Å². The molecule has 0 aromatic heterocycles. The normalized spacial score (nSPS) is 23.6. The van der Waals surface area contributed by atoms with E-state index in [1.54, 1.807) is 13.8 Å². The molecule has 0 unspecified atom stereocenters. The number of hydrogen-bond acceptors (Lipinski definition) is 4. The molecule has 1 aromatic carbocycles. The second-order valence-electron chi connectivity index (χ2n) is 7.99. The summed E-state index contributed by atoms with van der Waals surface area (Å²) < 4.78 is 0. The number of hydrogen-bond donors (Lipinski definition) is 0. The molecule has 0 N–H and O–H groups in total. The maximum Gasteiger partial charge on any atom is 0.219 e. The number of anilines is 2. The zero-order valence-electron chi connectivity index (χ0n) is 17.2. The van der Waals surface area contributed by atoms with Crippen molar-refractivity contribution in [2.24, 2.45) is 0 Å². The van der Waals surface area contributed by atoms with Gasteiger partial charge in [0.2, 0.25) is 11.8 Å². The molecule has 6 nitrogen and oxygen atoms in total. The van der Waals surface area contributed by atoms with E-state index in [4.69, 9.17) is 0 Å². The zero-order valence-corrected chi connectivity index (χ0v) is 17.2. The minimum atomic E-state index is 0.159. The van der Waals surface area contributed by atoms with Gasteiger partial charge < -0.3 is 19.6 Å². The van der Waals surface area contributed by atoms with Crippen molar-refractivity contribution < 1.29 is 9.59 Å². The molecule has 2 fully saturated rings. The van der Waals surface area contributed by atoms with Crippen LogP contribution >= 0.6 is 0 Å². The molecule has 27 heavy (non-hydrogen) atoms. The van der Waals surface area contributed by atoms with E-state index in [1.807, 2.05) is 9.80 Å². The maximum atomic E-state index is 11.7. The van der Waals surface area contributed by atoms with Crippen LogP contribution in [0.3, 0.4) is 0 Å². The van der Waals surface area contributed by atoms with Crippen LogP contribution in [0.15, 0.2) is 18.2 Å². The summed E-state index contributed by atoms with van der Waals surface area (Å²) >= 11 is 0. The van der Waals surface area contributed by atoms with E-state index in [9.17, 15) is 9.59 Å². The Labute approximate surface area is 162 Å². The maximum absolute atomic E-state index is 11.7. The molecule has 2 saturated heterocycles. The highest BCUT2D eigenvalue weighted by Crippen LogP contribution is 2.29. The van der Waals surface area contributed by atoms with Gasteiger partial charge in [-0.2, -0.15) is 0 Å². The molecular formula is C21H32N4O2. The Morgan fingerprint density at radius 1 is 0.926 bits per heavy atom. The topological polar surface area (TPSA) is 47.1 Å². The van der Waals surface area contributed by atoms with Crippen molar-refractivity contribution in [1.82, 2.24) is 9.80 Å². The van der Waals surface area contributed by atoms with E-state index in [-0.39, 0.29) is 17.9 Å². The molecule has 0 aliphatic carbocycles. The lowest BCUT2D eigenvalue weighted by molar-refractivity contribution is -0.131. The molecule has 2 atom stereocenters. The van der Waals surface area contributed by atoms with Crippen molar-refractivity contribution in [3.63, 3.8) is 0 Å². The Kier molecular flexibility index (Phi) is 5.63. The quantitative estimate of drug-likeness (QED) is 0.798. The first kappa shape index (κ1) is 19.5. The molecular weight excluding hydrogens is 340 g/mol. The Balaban J connectivity index is 1.71. The summed E-state index contributed by atoms with van der Waals surface area (Å²) in [5, 5.41) is 0. The Morgan fingerprint density at radius 2 is 1.67 bits per heavy atom. The van der Waals surface area contributed by atoms with E-state index in [0.717, 1.165) is 39.3 Å². The lowest BCUT2D eigenvalue weighted by atomic mass is 10.1. The van der Waals surface area contributed by atoms with Gasteiger partial charge in [0.1, 0.15) is 0 Å². The molecule has 2 amide bonds. The van der Waals surface area contributed by atoms with Gasteiger partial charge >= 0.3 is 0 Å². The van der Waals surface area contributed by atoms with Gasteiger partial charge in [-0.1, -0.05) is 0 Å². The average Bonchev–Trinajstić information content (AvgIpc) is 2.61. The van der Waals surface area contributed by atoms with E-state index < -0.39 is 0 Å². The van der Waals surface area contributed by atoms with Gasteiger partial charge in [-0.15, -0.1) is 0 Å².